The number of aryl methyl sites for hydroxylation is 2. The van der Waals surface area contributed by atoms with Crippen LogP contribution in [0.25, 0.3) is 11.1 Å². The van der Waals surface area contributed by atoms with E-state index in [0.717, 1.165) is 45.1 Å². The molecule has 8 heteroatoms. The van der Waals surface area contributed by atoms with Gasteiger partial charge in [0.25, 0.3) is 5.91 Å². The van der Waals surface area contributed by atoms with Crippen molar-refractivity contribution in [3.8, 4) is 11.1 Å². The van der Waals surface area contributed by atoms with Gasteiger partial charge in [-0.3, -0.25) is 4.79 Å². The maximum atomic E-state index is 14.4. The van der Waals surface area contributed by atoms with E-state index in [0.29, 0.717) is 23.5 Å². The fraction of sp³-hybridized carbons (Fsp3) is 0.172. The number of anilines is 1. The quantitative estimate of drug-likeness (QED) is 0.346. The van der Waals surface area contributed by atoms with Crippen molar-refractivity contribution in [1.29, 1.82) is 0 Å². The van der Waals surface area contributed by atoms with Gasteiger partial charge in [-0.15, -0.1) is 0 Å². The molecular formula is C29H22F3N3O2. The first-order valence-electron chi connectivity index (χ1n) is 11.8. The van der Waals surface area contributed by atoms with Gasteiger partial charge in [0.2, 0.25) is 0 Å². The van der Waals surface area contributed by atoms with Gasteiger partial charge in [-0.1, -0.05) is 18.2 Å². The van der Waals surface area contributed by atoms with Gasteiger partial charge < -0.3 is 15.8 Å². The summed E-state index contributed by atoms with van der Waals surface area (Å²) in [4.78, 5) is 17.3. The van der Waals surface area contributed by atoms with Crippen molar-refractivity contribution in [1.82, 2.24) is 10.3 Å². The van der Waals surface area contributed by atoms with Crippen LogP contribution in [0.5, 0.6) is 0 Å². The van der Waals surface area contributed by atoms with Crippen molar-refractivity contribution in [2.45, 2.75) is 32.6 Å². The fourth-order valence-corrected chi connectivity index (χ4v) is 5.33. The first kappa shape index (κ1) is 23.2. The molecule has 2 aliphatic rings. The summed E-state index contributed by atoms with van der Waals surface area (Å²) in [6.45, 7) is 4.09. The van der Waals surface area contributed by atoms with Gasteiger partial charge in [-0.2, -0.15) is 0 Å². The zero-order valence-electron chi connectivity index (χ0n) is 20.0. The predicted molar refractivity (Wildman–Crippen MR) is 132 cm³/mol. The van der Waals surface area contributed by atoms with E-state index in [2.05, 4.69) is 10.3 Å². The molecular weight excluding hydrogens is 479 g/mol. The third kappa shape index (κ3) is 3.67. The second-order valence-corrected chi connectivity index (χ2v) is 9.42. The van der Waals surface area contributed by atoms with Crippen molar-refractivity contribution >= 4 is 11.7 Å². The van der Waals surface area contributed by atoms with Crippen LogP contribution in [0.4, 0.5) is 19.0 Å². The largest absolute Gasteiger partial charge is 0.384 e. The number of nitrogens with one attached hydrogen (secondary N) is 1. The highest BCUT2D eigenvalue weighted by atomic mass is 19.2. The molecule has 0 spiro atoms. The maximum absolute atomic E-state index is 14.4. The summed E-state index contributed by atoms with van der Waals surface area (Å²) < 4.78 is 47.9. The van der Waals surface area contributed by atoms with E-state index in [1.165, 1.54) is 6.07 Å². The lowest BCUT2D eigenvalue weighted by atomic mass is 9.83. The molecule has 2 unspecified atom stereocenters. The molecule has 0 saturated carbocycles. The number of benzene rings is 3. The SMILES string of the molecule is Cc1cc(N)nc(C)c1CNC(=O)c1ccc2c(c1)C1OC2c2ccc(-c3ccc(F)c(F)c3F)cc21. The van der Waals surface area contributed by atoms with Crippen molar-refractivity contribution in [2.24, 2.45) is 0 Å². The number of rotatable bonds is 4. The number of nitrogens with two attached hydrogens (primary N) is 1. The fourth-order valence-electron chi connectivity index (χ4n) is 5.33. The summed E-state index contributed by atoms with van der Waals surface area (Å²) in [5, 5.41) is 2.95. The van der Waals surface area contributed by atoms with E-state index in [9.17, 15) is 18.0 Å². The van der Waals surface area contributed by atoms with Crippen LogP contribution >= 0.6 is 0 Å². The van der Waals surface area contributed by atoms with E-state index in [1.54, 1.807) is 24.3 Å². The van der Waals surface area contributed by atoms with Crippen LogP contribution in [0.1, 0.15) is 61.6 Å². The summed E-state index contributed by atoms with van der Waals surface area (Å²) >= 11 is 0. The molecule has 3 heterocycles. The van der Waals surface area contributed by atoms with E-state index < -0.39 is 23.6 Å². The molecule has 1 amide bonds. The molecule has 1 aromatic heterocycles. The Morgan fingerprint density at radius 1 is 0.919 bits per heavy atom. The molecule has 186 valence electrons. The van der Waals surface area contributed by atoms with Crippen molar-refractivity contribution in [3.63, 3.8) is 0 Å². The third-order valence-corrected chi connectivity index (χ3v) is 7.18. The molecule has 3 aromatic carbocycles. The van der Waals surface area contributed by atoms with Gasteiger partial charge in [0.05, 0.1) is 0 Å². The average molecular weight is 502 g/mol. The number of nitrogen functional groups attached to an aromatic ring is 1. The molecule has 0 aliphatic carbocycles. The lowest BCUT2D eigenvalue weighted by Gasteiger charge is -2.18. The van der Waals surface area contributed by atoms with Crippen molar-refractivity contribution in [2.75, 3.05) is 5.73 Å². The molecule has 2 aliphatic heterocycles. The number of hydrogen-bond donors (Lipinski definition) is 2. The van der Waals surface area contributed by atoms with E-state index in [4.69, 9.17) is 10.5 Å². The predicted octanol–water partition coefficient (Wildman–Crippen LogP) is 5.82. The van der Waals surface area contributed by atoms with Gasteiger partial charge in [0.1, 0.15) is 18.0 Å². The number of amides is 1. The number of halogens is 3. The molecule has 3 N–H and O–H groups in total. The Balaban J connectivity index is 1.28. The minimum absolute atomic E-state index is 0.0272. The molecule has 2 atom stereocenters. The van der Waals surface area contributed by atoms with Gasteiger partial charge >= 0.3 is 0 Å². The summed E-state index contributed by atoms with van der Waals surface area (Å²) in [5.74, 6) is -3.77. The van der Waals surface area contributed by atoms with Crippen LogP contribution in [-0.4, -0.2) is 10.9 Å². The zero-order chi connectivity index (χ0) is 26.0. The van der Waals surface area contributed by atoms with Gasteiger partial charge in [-0.05, 0) is 89.2 Å². The monoisotopic (exact) mass is 501 g/mol. The van der Waals surface area contributed by atoms with E-state index >= 15 is 0 Å². The second-order valence-electron chi connectivity index (χ2n) is 9.42. The lowest BCUT2D eigenvalue weighted by Crippen LogP contribution is -2.24. The number of hydrogen-bond acceptors (Lipinski definition) is 4. The summed E-state index contributed by atoms with van der Waals surface area (Å²) in [6.07, 6.45) is -0.746. The molecule has 6 rings (SSSR count). The standard InChI is InChI=1S/C29H22F3N3O2/c1-13-9-24(33)35-14(2)22(13)12-34-29(36)16-4-6-19-21(11-16)28-20-10-15(3-5-18(20)27(19)37-28)17-7-8-23(30)26(32)25(17)31/h3-11,27-28H,12H2,1-2H3,(H2,33,35)(H,34,36). The zero-order valence-corrected chi connectivity index (χ0v) is 20.0. The topological polar surface area (TPSA) is 77.2 Å². The highest BCUT2D eigenvalue weighted by Gasteiger charge is 2.43. The first-order valence-corrected chi connectivity index (χ1v) is 11.8. The summed E-state index contributed by atoms with van der Waals surface area (Å²) in [6, 6.07) is 14.6. The molecule has 0 radical (unpaired) electrons. The molecule has 37 heavy (non-hydrogen) atoms. The molecule has 0 saturated heterocycles. The maximum Gasteiger partial charge on any atom is 0.251 e. The Hall–Kier alpha value is -4.17. The van der Waals surface area contributed by atoms with Gasteiger partial charge in [0.15, 0.2) is 17.5 Å². The molecule has 5 nitrogen and oxygen atoms in total. The van der Waals surface area contributed by atoms with Crippen LogP contribution < -0.4 is 11.1 Å². The molecule has 0 fully saturated rings. The van der Waals surface area contributed by atoms with Crippen LogP contribution in [0, 0.1) is 31.3 Å². The second kappa shape index (κ2) is 8.45. The number of pyridine rings is 1. The van der Waals surface area contributed by atoms with E-state index in [-0.39, 0.29) is 17.6 Å². The van der Waals surface area contributed by atoms with Crippen LogP contribution in [0.15, 0.2) is 54.6 Å². The number of aromatic nitrogens is 1. The molecule has 4 aromatic rings. The van der Waals surface area contributed by atoms with Crippen LogP contribution in [0.3, 0.4) is 0 Å². The van der Waals surface area contributed by atoms with Crippen LogP contribution in [-0.2, 0) is 11.3 Å². The lowest BCUT2D eigenvalue weighted by molar-refractivity contribution is 0.0857. The number of carbonyl (C=O) groups is 1. The number of fused-ring (bicyclic) bond motifs is 8. The highest BCUT2D eigenvalue weighted by Crippen LogP contribution is 2.55. The Morgan fingerprint density at radius 3 is 2.38 bits per heavy atom. The first-order chi connectivity index (χ1) is 17.7. The summed E-state index contributed by atoms with van der Waals surface area (Å²) in [7, 11) is 0. The smallest absolute Gasteiger partial charge is 0.251 e. The number of ether oxygens (including phenoxy) is 1. The van der Waals surface area contributed by atoms with E-state index in [1.807, 2.05) is 32.0 Å². The molecule has 2 bridgehead atoms. The minimum atomic E-state index is -1.50. The van der Waals surface area contributed by atoms with Crippen LogP contribution in [0.2, 0.25) is 0 Å². The minimum Gasteiger partial charge on any atom is -0.384 e. The van der Waals surface area contributed by atoms with Crippen molar-refractivity contribution in [3.05, 3.63) is 117 Å². The average Bonchev–Trinajstić information content (AvgIpc) is 3.43. The summed E-state index contributed by atoms with van der Waals surface area (Å²) in [5.41, 5.74) is 12.9. The number of nitrogens with zero attached hydrogens (tertiary/aromatic N) is 1. The van der Waals surface area contributed by atoms with Crippen molar-refractivity contribution < 1.29 is 22.7 Å². The Labute approximate surface area is 211 Å². The van der Waals surface area contributed by atoms with Gasteiger partial charge in [0, 0.05) is 23.4 Å². The normalized spacial score (nSPS) is 17.0. The van der Waals surface area contributed by atoms with Gasteiger partial charge in [-0.25, -0.2) is 18.2 Å². The third-order valence-electron chi connectivity index (χ3n) is 7.18. The number of carbonyl (C=O) groups excluding carboxylic acids is 1. The highest BCUT2D eigenvalue weighted by molar-refractivity contribution is 5.94. The Bertz CT molecular complexity index is 1600. The Kier molecular flexibility index (Phi) is 5.31. The Morgan fingerprint density at radius 2 is 1.62 bits per heavy atom.